The number of amides is 2. The first-order chi connectivity index (χ1) is 10.1. The molecular formula is C15H23N3O4. The molecule has 0 fully saturated rings. The zero-order valence-corrected chi connectivity index (χ0v) is 13.8. The van der Waals surface area contributed by atoms with Crippen molar-refractivity contribution in [1.82, 2.24) is 15.8 Å². The molecule has 0 aliphatic heterocycles. The highest BCUT2D eigenvalue weighted by Gasteiger charge is 2.23. The van der Waals surface area contributed by atoms with E-state index in [1.54, 1.807) is 41.5 Å². The standard InChI is InChI=1S/C15H23N3O4/c1-7(2)13(19)17-18-14(20)12-9(5)11(10(6)16-12)15(21)22-8(3)4/h7-8,16H,1-6H3,(H,17,19)(H,18,20). The van der Waals surface area contributed by atoms with E-state index in [0.717, 1.165) is 0 Å². The van der Waals surface area contributed by atoms with Gasteiger partial charge in [-0.05, 0) is 33.3 Å². The minimum absolute atomic E-state index is 0.220. The highest BCUT2D eigenvalue weighted by atomic mass is 16.5. The third-order valence-electron chi connectivity index (χ3n) is 3.04. The van der Waals surface area contributed by atoms with E-state index in [1.807, 2.05) is 0 Å². The van der Waals surface area contributed by atoms with Gasteiger partial charge in [0.05, 0.1) is 11.7 Å². The van der Waals surface area contributed by atoms with Crippen molar-refractivity contribution in [3.05, 3.63) is 22.5 Å². The molecule has 7 nitrogen and oxygen atoms in total. The van der Waals surface area contributed by atoms with Crippen LogP contribution in [0.2, 0.25) is 0 Å². The smallest absolute Gasteiger partial charge is 0.340 e. The zero-order chi connectivity index (χ0) is 17.0. The molecule has 0 atom stereocenters. The highest BCUT2D eigenvalue weighted by Crippen LogP contribution is 2.19. The first-order valence-corrected chi connectivity index (χ1v) is 7.15. The Morgan fingerprint density at radius 2 is 1.64 bits per heavy atom. The van der Waals surface area contributed by atoms with E-state index in [2.05, 4.69) is 15.8 Å². The van der Waals surface area contributed by atoms with E-state index in [4.69, 9.17) is 4.74 Å². The average molecular weight is 309 g/mol. The molecule has 22 heavy (non-hydrogen) atoms. The Bertz CT molecular complexity index is 588. The molecule has 122 valence electrons. The second-order valence-corrected chi connectivity index (χ2v) is 5.68. The third-order valence-corrected chi connectivity index (χ3v) is 3.04. The van der Waals surface area contributed by atoms with E-state index in [9.17, 15) is 14.4 Å². The normalized spacial score (nSPS) is 10.7. The summed E-state index contributed by atoms with van der Waals surface area (Å²) >= 11 is 0. The molecule has 0 spiro atoms. The molecule has 7 heteroatoms. The van der Waals surface area contributed by atoms with Crippen molar-refractivity contribution in [3.63, 3.8) is 0 Å². The SMILES string of the molecule is Cc1[nH]c(C(=O)NNC(=O)C(C)C)c(C)c1C(=O)OC(C)C. The van der Waals surface area contributed by atoms with Crippen LogP contribution < -0.4 is 10.9 Å². The number of H-pyrrole nitrogens is 1. The van der Waals surface area contributed by atoms with Crippen LogP contribution in [0.15, 0.2) is 0 Å². The summed E-state index contributed by atoms with van der Waals surface area (Å²) in [5.74, 6) is -1.54. The monoisotopic (exact) mass is 309 g/mol. The fraction of sp³-hybridized carbons (Fsp3) is 0.533. The molecule has 1 rings (SSSR count). The van der Waals surface area contributed by atoms with Crippen molar-refractivity contribution in [2.75, 3.05) is 0 Å². The molecule has 0 radical (unpaired) electrons. The van der Waals surface area contributed by atoms with Crippen molar-refractivity contribution < 1.29 is 19.1 Å². The van der Waals surface area contributed by atoms with Gasteiger partial charge in [0, 0.05) is 11.6 Å². The van der Waals surface area contributed by atoms with Gasteiger partial charge in [0.25, 0.3) is 5.91 Å². The van der Waals surface area contributed by atoms with Crippen LogP contribution in [0.1, 0.15) is 59.8 Å². The molecule has 0 saturated carbocycles. The predicted octanol–water partition coefficient (Wildman–Crippen LogP) is 1.61. The summed E-state index contributed by atoms with van der Waals surface area (Å²) in [6.45, 7) is 10.3. The Labute approximate surface area is 129 Å². The number of hydrazine groups is 1. The number of esters is 1. The number of hydrogen-bond acceptors (Lipinski definition) is 4. The van der Waals surface area contributed by atoms with Crippen molar-refractivity contribution >= 4 is 17.8 Å². The minimum Gasteiger partial charge on any atom is -0.459 e. The summed E-state index contributed by atoms with van der Waals surface area (Å²) in [5, 5.41) is 0. The Balaban J connectivity index is 2.91. The molecular weight excluding hydrogens is 286 g/mol. The van der Waals surface area contributed by atoms with Crippen LogP contribution in [0.4, 0.5) is 0 Å². The predicted molar refractivity (Wildman–Crippen MR) is 81.3 cm³/mol. The quantitative estimate of drug-likeness (QED) is 0.581. The van der Waals surface area contributed by atoms with Gasteiger partial charge >= 0.3 is 5.97 Å². The summed E-state index contributed by atoms with van der Waals surface area (Å²) < 4.78 is 5.16. The van der Waals surface area contributed by atoms with E-state index in [0.29, 0.717) is 16.8 Å². The topological polar surface area (TPSA) is 100 Å². The van der Waals surface area contributed by atoms with Crippen molar-refractivity contribution in [1.29, 1.82) is 0 Å². The average Bonchev–Trinajstić information content (AvgIpc) is 2.69. The fourth-order valence-corrected chi connectivity index (χ4v) is 1.88. The Hall–Kier alpha value is -2.31. The van der Waals surface area contributed by atoms with Gasteiger partial charge in [-0.15, -0.1) is 0 Å². The number of nitrogens with one attached hydrogen (secondary N) is 3. The summed E-state index contributed by atoms with van der Waals surface area (Å²) in [6, 6.07) is 0. The van der Waals surface area contributed by atoms with Crippen LogP contribution in [0.25, 0.3) is 0 Å². The van der Waals surface area contributed by atoms with Gasteiger partial charge in [-0.3, -0.25) is 20.4 Å². The number of ether oxygens (including phenoxy) is 1. The van der Waals surface area contributed by atoms with Gasteiger partial charge in [0.2, 0.25) is 5.91 Å². The summed E-state index contributed by atoms with van der Waals surface area (Å²) in [4.78, 5) is 38.4. The van der Waals surface area contributed by atoms with Crippen molar-refractivity contribution in [2.45, 2.75) is 47.6 Å². The highest BCUT2D eigenvalue weighted by molar-refractivity contribution is 6.01. The second-order valence-electron chi connectivity index (χ2n) is 5.68. The molecule has 1 heterocycles. The lowest BCUT2D eigenvalue weighted by atomic mass is 10.1. The molecule has 2 amide bonds. The van der Waals surface area contributed by atoms with Crippen LogP contribution >= 0.6 is 0 Å². The van der Waals surface area contributed by atoms with Gasteiger partial charge in [0.15, 0.2) is 0 Å². The van der Waals surface area contributed by atoms with Gasteiger partial charge in [-0.25, -0.2) is 4.79 Å². The lowest BCUT2D eigenvalue weighted by molar-refractivity contribution is -0.124. The largest absolute Gasteiger partial charge is 0.459 e. The van der Waals surface area contributed by atoms with E-state index in [1.165, 1.54) is 0 Å². The Morgan fingerprint density at radius 1 is 1.05 bits per heavy atom. The molecule has 0 aromatic carbocycles. The number of aryl methyl sites for hydroxylation is 1. The summed E-state index contributed by atoms with van der Waals surface area (Å²) in [6.07, 6.45) is -0.246. The Morgan fingerprint density at radius 3 is 2.14 bits per heavy atom. The van der Waals surface area contributed by atoms with Crippen LogP contribution in [-0.4, -0.2) is 28.9 Å². The molecule has 1 aromatic rings. The van der Waals surface area contributed by atoms with Crippen LogP contribution in [0.3, 0.4) is 0 Å². The molecule has 1 aromatic heterocycles. The molecule has 0 unspecified atom stereocenters. The zero-order valence-electron chi connectivity index (χ0n) is 13.8. The van der Waals surface area contributed by atoms with Crippen LogP contribution in [-0.2, 0) is 9.53 Å². The van der Waals surface area contributed by atoms with Crippen molar-refractivity contribution in [3.8, 4) is 0 Å². The van der Waals surface area contributed by atoms with Crippen molar-refractivity contribution in [2.24, 2.45) is 5.92 Å². The van der Waals surface area contributed by atoms with E-state index in [-0.39, 0.29) is 23.6 Å². The van der Waals surface area contributed by atoms with Gasteiger partial charge in [-0.1, -0.05) is 13.8 Å². The molecule has 0 bridgehead atoms. The lowest BCUT2D eigenvalue weighted by Gasteiger charge is -2.09. The third kappa shape index (κ3) is 4.09. The van der Waals surface area contributed by atoms with E-state index < -0.39 is 11.9 Å². The summed E-state index contributed by atoms with van der Waals surface area (Å²) in [5.41, 5.74) is 6.23. The minimum atomic E-state index is -0.516. The number of hydrogen-bond donors (Lipinski definition) is 3. The maximum Gasteiger partial charge on any atom is 0.340 e. The second kappa shape index (κ2) is 7.11. The van der Waals surface area contributed by atoms with Gasteiger partial charge < -0.3 is 9.72 Å². The first-order valence-electron chi connectivity index (χ1n) is 7.15. The van der Waals surface area contributed by atoms with Crippen LogP contribution in [0.5, 0.6) is 0 Å². The number of aromatic amines is 1. The van der Waals surface area contributed by atoms with E-state index >= 15 is 0 Å². The molecule has 0 saturated heterocycles. The Kier molecular flexibility index (Phi) is 5.73. The fourth-order valence-electron chi connectivity index (χ4n) is 1.88. The first kappa shape index (κ1) is 17.7. The van der Waals surface area contributed by atoms with Gasteiger partial charge in [0.1, 0.15) is 5.69 Å². The van der Waals surface area contributed by atoms with Crippen LogP contribution in [0, 0.1) is 19.8 Å². The maximum absolute atomic E-state index is 12.1. The number of carbonyl (C=O) groups excluding carboxylic acids is 3. The molecule has 3 N–H and O–H groups in total. The maximum atomic E-state index is 12.1. The summed E-state index contributed by atoms with van der Waals surface area (Å²) in [7, 11) is 0. The molecule has 0 aliphatic carbocycles. The molecule has 0 aliphatic rings. The number of carbonyl (C=O) groups is 3. The lowest BCUT2D eigenvalue weighted by Crippen LogP contribution is -2.43. The van der Waals surface area contributed by atoms with Gasteiger partial charge in [-0.2, -0.15) is 0 Å². The number of aromatic nitrogens is 1. The number of rotatable bonds is 4.